The van der Waals surface area contributed by atoms with Crippen molar-refractivity contribution in [3.63, 3.8) is 0 Å². The number of carbonyl (C=O) groups excluding carboxylic acids is 1. The second-order valence-corrected chi connectivity index (χ2v) is 7.38. The van der Waals surface area contributed by atoms with Crippen LogP contribution in [0.2, 0.25) is 0 Å². The van der Waals surface area contributed by atoms with E-state index in [0.29, 0.717) is 17.5 Å². The van der Waals surface area contributed by atoms with Crippen molar-refractivity contribution in [2.75, 3.05) is 5.32 Å². The van der Waals surface area contributed by atoms with Crippen LogP contribution >= 0.6 is 0 Å². The largest absolute Gasteiger partial charge is 0.382 e. The van der Waals surface area contributed by atoms with Gasteiger partial charge in [0.15, 0.2) is 0 Å². The van der Waals surface area contributed by atoms with Gasteiger partial charge in [0.05, 0.1) is 5.56 Å². The number of amides is 1. The van der Waals surface area contributed by atoms with E-state index in [9.17, 15) is 4.79 Å². The first-order valence-corrected chi connectivity index (χ1v) is 9.35. The average Bonchev–Trinajstić information content (AvgIpc) is 2.63. The Bertz CT molecular complexity index is 728. The Hall–Kier alpha value is -2.29. The van der Waals surface area contributed by atoms with Gasteiger partial charge in [-0.05, 0) is 47.6 Å². The average molecular weight is 336 g/mol. The summed E-state index contributed by atoms with van der Waals surface area (Å²) in [4.78, 5) is 12.0. The van der Waals surface area contributed by atoms with E-state index in [1.54, 1.807) is 0 Å². The summed E-state index contributed by atoms with van der Waals surface area (Å²) in [6.07, 6.45) is 6.15. The lowest BCUT2D eigenvalue weighted by Crippen LogP contribution is -2.24. The molecule has 0 aliphatic heterocycles. The molecule has 2 aromatic rings. The molecule has 1 aliphatic rings. The second kappa shape index (κ2) is 7.73. The Morgan fingerprint density at radius 3 is 2.24 bits per heavy atom. The highest BCUT2D eigenvalue weighted by Gasteiger charge is 2.17. The van der Waals surface area contributed by atoms with Crippen LogP contribution in [0.3, 0.4) is 0 Å². The normalized spacial score (nSPS) is 15.3. The van der Waals surface area contributed by atoms with Crippen LogP contribution in [0.1, 0.15) is 67.8 Å². The Kier molecular flexibility index (Phi) is 5.42. The Balaban J connectivity index is 1.86. The van der Waals surface area contributed by atoms with Gasteiger partial charge in [0.2, 0.25) is 0 Å². The van der Waals surface area contributed by atoms with Gasteiger partial charge in [0.25, 0.3) is 5.91 Å². The van der Waals surface area contributed by atoms with E-state index < -0.39 is 0 Å². The zero-order valence-electron chi connectivity index (χ0n) is 15.2. The van der Waals surface area contributed by atoms with E-state index in [4.69, 9.17) is 5.73 Å². The first kappa shape index (κ1) is 17.5. The molecule has 0 spiro atoms. The number of rotatable bonds is 5. The van der Waals surface area contributed by atoms with Crippen LogP contribution in [-0.2, 0) is 0 Å². The minimum Gasteiger partial charge on any atom is -0.382 e. The molecular formula is C22H28N2O. The molecule has 0 aromatic heterocycles. The number of nitrogens with two attached hydrogens (primary N) is 1. The fraction of sp³-hybridized carbons (Fsp3) is 0.409. The van der Waals surface area contributed by atoms with E-state index in [-0.39, 0.29) is 5.91 Å². The summed E-state index contributed by atoms with van der Waals surface area (Å²) in [5.74, 6) is 0.135. The number of nitrogens with one attached hydrogen (secondary N) is 1. The van der Waals surface area contributed by atoms with Gasteiger partial charge in [-0.2, -0.15) is 0 Å². The van der Waals surface area contributed by atoms with Crippen molar-refractivity contribution in [1.82, 2.24) is 0 Å². The zero-order chi connectivity index (χ0) is 17.8. The fourth-order valence-corrected chi connectivity index (χ4v) is 3.58. The maximum atomic E-state index is 12.0. The molecule has 0 atom stereocenters. The van der Waals surface area contributed by atoms with Crippen molar-refractivity contribution in [3.05, 3.63) is 53.6 Å². The quantitative estimate of drug-likeness (QED) is 0.776. The number of hydrogen-bond donors (Lipinski definition) is 2. The molecule has 0 radical (unpaired) electrons. The molecule has 0 heterocycles. The summed E-state index contributed by atoms with van der Waals surface area (Å²) >= 11 is 0. The van der Waals surface area contributed by atoms with Crippen LogP contribution in [0.15, 0.2) is 42.5 Å². The number of carbonyl (C=O) groups is 1. The maximum Gasteiger partial charge on any atom is 0.250 e. The maximum absolute atomic E-state index is 12.0. The molecule has 1 aliphatic carbocycles. The van der Waals surface area contributed by atoms with Crippen LogP contribution in [0.25, 0.3) is 11.1 Å². The third-order valence-corrected chi connectivity index (χ3v) is 5.16. The molecule has 25 heavy (non-hydrogen) atoms. The summed E-state index contributed by atoms with van der Waals surface area (Å²) in [6.45, 7) is 4.37. The zero-order valence-corrected chi connectivity index (χ0v) is 15.2. The third kappa shape index (κ3) is 4.22. The van der Waals surface area contributed by atoms with Gasteiger partial charge in [0.1, 0.15) is 0 Å². The van der Waals surface area contributed by atoms with Crippen molar-refractivity contribution >= 4 is 11.6 Å². The number of anilines is 1. The summed E-state index contributed by atoms with van der Waals surface area (Å²) < 4.78 is 0. The van der Waals surface area contributed by atoms with Gasteiger partial charge in [0, 0.05) is 11.7 Å². The van der Waals surface area contributed by atoms with Crippen molar-refractivity contribution in [1.29, 1.82) is 0 Å². The van der Waals surface area contributed by atoms with Crippen LogP contribution in [0.4, 0.5) is 5.69 Å². The van der Waals surface area contributed by atoms with Gasteiger partial charge in [-0.3, -0.25) is 4.79 Å². The molecule has 132 valence electrons. The molecule has 3 nitrogen and oxygen atoms in total. The standard InChI is InChI=1S/C22H28N2O/c1-15(2)16-8-10-17(11-9-16)18-12-13-21(20(14-18)22(23)25)24-19-6-4-3-5-7-19/h8-15,19,24H,3-7H2,1-2H3,(H2,23,25). The predicted octanol–water partition coefficient (Wildman–Crippen LogP) is 5.32. The van der Waals surface area contributed by atoms with Crippen molar-refractivity contribution in [2.45, 2.75) is 57.9 Å². The summed E-state index contributed by atoms with van der Waals surface area (Å²) in [6, 6.07) is 15.0. The van der Waals surface area contributed by atoms with Gasteiger partial charge < -0.3 is 11.1 Å². The molecule has 0 unspecified atom stereocenters. The highest BCUT2D eigenvalue weighted by Crippen LogP contribution is 2.29. The second-order valence-electron chi connectivity index (χ2n) is 7.38. The van der Waals surface area contributed by atoms with Gasteiger partial charge >= 0.3 is 0 Å². The SMILES string of the molecule is CC(C)c1ccc(-c2ccc(NC3CCCCC3)c(C(N)=O)c2)cc1. The minimum absolute atomic E-state index is 0.376. The third-order valence-electron chi connectivity index (χ3n) is 5.16. The molecule has 2 aromatic carbocycles. The lowest BCUT2D eigenvalue weighted by molar-refractivity contribution is 0.100. The smallest absolute Gasteiger partial charge is 0.250 e. The van der Waals surface area contributed by atoms with E-state index >= 15 is 0 Å². The van der Waals surface area contributed by atoms with Crippen molar-refractivity contribution in [2.24, 2.45) is 5.73 Å². The highest BCUT2D eigenvalue weighted by atomic mass is 16.1. The lowest BCUT2D eigenvalue weighted by Gasteiger charge is -2.25. The van der Waals surface area contributed by atoms with Crippen LogP contribution in [-0.4, -0.2) is 11.9 Å². The molecule has 1 saturated carbocycles. The van der Waals surface area contributed by atoms with E-state index in [1.165, 1.54) is 24.8 Å². The molecular weight excluding hydrogens is 308 g/mol. The number of primary amides is 1. The van der Waals surface area contributed by atoms with Crippen molar-refractivity contribution in [3.8, 4) is 11.1 Å². The minimum atomic E-state index is -0.376. The van der Waals surface area contributed by atoms with Crippen LogP contribution in [0.5, 0.6) is 0 Å². The number of benzene rings is 2. The Morgan fingerprint density at radius 2 is 1.64 bits per heavy atom. The Labute approximate surface area is 150 Å². The molecule has 3 heteroatoms. The fourth-order valence-electron chi connectivity index (χ4n) is 3.58. The molecule has 3 N–H and O–H groups in total. The van der Waals surface area contributed by atoms with Gasteiger partial charge in [-0.15, -0.1) is 0 Å². The molecule has 0 saturated heterocycles. The highest BCUT2D eigenvalue weighted by molar-refractivity contribution is 6.00. The van der Waals surface area contributed by atoms with E-state index in [2.05, 4.69) is 49.5 Å². The molecule has 3 rings (SSSR count). The predicted molar refractivity (Wildman–Crippen MR) is 105 cm³/mol. The van der Waals surface area contributed by atoms with Crippen LogP contribution < -0.4 is 11.1 Å². The number of hydrogen-bond acceptors (Lipinski definition) is 2. The Morgan fingerprint density at radius 1 is 1.00 bits per heavy atom. The lowest BCUT2D eigenvalue weighted by atomic mass is 9.94. The topological polar surface area (TPSA) is 55.1 Å². The summed E-state index contributed by atoms with van der Waals surface area (Å²) in [7, 11) is 0. The molecule has 1 fully saturated rings. The van der Waals surface area contributed by atoms with Gasteiger partial charge in [-0.1, -0.05) is 63.4 Å². The monoisotopic (exact) mass is 336 g/mol. The summed E-state index contributed by atoms with van der Waals surface area (Å²) in [5, 5.41) is 3.53. The molecule has 0 bridgehead atoms. The van der Waals surface area contributed by atoms with E-state index in [1.807, 2.05) is 12.1 Å². The van der Waals surface area contributed by atoms with Crippen LogP contribution in [0, 0.1) is 0 Å². The van der Waals surface area contributed by atoms with E-state index in [0.717, 1.165) is 29.7 Å². The van der Waals surface area contributed by atoms with Gasteiger partial charge in [-0.25, -0.2) is 0 Å². The first-order valence-electron chi connectivity index (χ1n) is 9.35. The van der Waals surface area contributed by atoms with Crippen molar-refractivity contribution < 1.29 is 4.79 Å². The summed E-state index contributed by atoms with van der Waals surface area (Å²) in [5.41, 5.74) is 10.5. The molecule has 1 amide bonds. The first-order chi connectivity index (χ1) is 12.0.